The Kier molecular flexibility index (Phi) is 7.43. The average molecular weight is 608 g/mol. The van der Waals surface area contributed by atoms with Crippen LogP contribution in [0.15, 0.2) is 82.6 Å². The first-order chi connectivity index (χ1) is 19.8. The Balaban J connectivity index is 0.00000353. The van der Waals surface area contributed by atoms with Crippen molar-refractivity contribution in [3.05, 3.63) is 88.8 Å². The molecule has 0 aliphatic heterocycles. The monoisotopic (exact) mass is 607 g/mol. The molecule has 0 saturated carbocycles. The molecule has 13 heteroatoms. The van der Waals surface area contributed by atoms with Gasteiger partial charge in [-0.25, -0.2) is 21.8 Å². The van der Waals surface area contributed by atoms with Gasteiger partial charge in [-0.2, -0.15) is 4.98 Å². The molecule has 0 fully saturated rings. The highest BCUT2D eigenvalue weighted by Crippen LogP contribution is 2.40. The van der Waals surface area contributed by atoms with Gasteiger partial charge in [-0.15, -0.1) is 12.4 Å². The lowest BCUT2D eigenvalue weighted by atomic mass is 10.2. The molecule has 0 aliphatic carbocycles. The number of hydrogen-bond donors (Lipinski definition) is 1. The van der Waals surface area contributed by atoms with Gasteiger partial charge in [0, 0.05) is 24.0 Å². The Bertz CT molecular complexity index is 2120. The minimum Gasteiger partial charge on any atom is -0.493 e. The number of anilines is 2. The van der Waals surface area contributed by atoms with E-state index in [1.165, 1.54) is 31.9 Å². The first-order valence-electron chi connectivity index (χ1n) is 12.5. The van der Waals surface area contributed by atoms with Gasteiger partial charge in [0.2, 0.25) is 11.7 Å². The van der Waals surface area contributed by atoms with Crippen LogP contribution in [-0.4, -0.2) is 48.1 Å². The van der Waals surface area contributed by atoms with Gasteiger partial charge in [0.25, 0.3) is 15.6 Å². The Labute approximate surface area is 246 Å². The van der Waals surface area contributed by atoms with Crippen LogP contribution in [0, 0.1) is 6.92 Å². The second kappa shape index (κ2) is 10.9. The Morgan fingerprint density at radius 3 is 2.12 bits per heavy atom. The van der Waals surface area contributed by atoms with E-state index in [-0.39, 0.29) is 40.1 Å². The van der Waals surface area contributed by atoms with E-state index in [1.807, 2.05) is 6.92 Å². The van der Waals surface area contributed by atoms with Crippen molar-refractivity contribution in [1.29, 1.82) is 0 Å². The molecule has 0 spiro atoms. The third-order valence-electron chi connectivity index (χ3n) is 6.77. The molecule has 1 N–H and O–H groups in total. The fourth-order valence-electron chi connectivity index (χ4n) is 4.73. The van der Waals surface area contributed by atoms with E-state index in [4.69, 9.17) is 19.2 Å². The molecule has 11 nitrogen and oxygen atoms in total. The molecule has 6 rings (SSSR count). The number of hydrogen-bond acceptors (Lipinski definition) is 9. The number of benzene rings is 3. The van der Waals surface area contributed by atoms with E-state index in [9.17, 15) is 13.2 Å². The van der Waals surface area contributed by atoms with Gasteiger partial charge in [-0.3, -0.25) is 4.79 Å². The molecule has 42 heavy (non-hydrogen) atoms. The minimum atomic E-state index is -4.03. The highest BCUT2D eigenvalue weighted by atomic mass is 35.5. The maximum Gasteiger partial charge on any atom is 0.269 e. The van der Waals surface area contributed by atoms with Crippen LogP contribution < -0.4 is 25.1 Å². The van der Waals surface area contributed by atoms with Gasteiger partial charge >= 0.3 is 0 Å². The van der Waals surface area contributed by atoms with E-state index >= 15 is 0 Å². The van der Waals surface area contributed by atoms with Crippen molar-refractivity contribution in [3.8, 4) is 17.2 Å². The lowest BCUT2D eigenvalue weighted by molar-refractivity contribution is 0.324. The van der Waals surface area contributed by atoms with Crippen molar-refractivity contribution in [2.24, 2.45) is 0 Å². The lowest BCUT2D eigenvalue weighted by Gasteiger charge is -2.16. The number of halogens is 1. The van der Waals surface area contributed by atoms with Crippen molar-refractivity contribution in [2.45, 2.75) is 11.8 Å². The molecule has 0 radical (unpaired) electrons. The molecule has 0 atom stereocenters. The normalized spacial score (nSPS) is 11.4. The molecule has 0 bridgehead atoms. The highest BCUT2D eigenvalue weighted by Gasteiger charge is 2.24. The van der Waals surface area contributed by atoms with Gasteiger partial charge < -0.3 is 19.5 Å². The fourth-order valence-corrected chi connectivity index (χ4v) is 6.03. The van der Waals surface area contributed by atoms with Crippen LogP contribution >= 0.6 is 12.4 Å². The van der Waals surface area contributed by atoms with Crippen LogP contribution in [0.25, 0.3) is 27.6 Å². The highest BCUT2D eigenvalue weighted by molar-refractivity contribution is 7.90. The molecular formula is C29H26ClN5O6S. The van der Waals surface area contributed by atoms with E-state index < -0.39 is 10.0 Å². The van der Waals surface area contributed by atoms with Crippen LogP contribution in [0.2, 0.25) is 0 Å². The molecule has 3 heterocycles. The maximum absolute atomic E-state index is 13.8. The van der Waals surface area contributed by atoms with E-state index in [1.54, 1.807) is 66.7 Å². The Hall–Kier alpha value is -4.81. The number of fused-ring (bicyclic) bond motifs is 4. The third-order valence-corrected chi connectivity index (χ3v) is 8.45. The summed E-state index contributed by atoms with van der Waals surface area (Å²) >= 11 is 0. The maximum atomic E-state index is 13.8. The van der Waals surface area contributed by atoms with Crippen molar-refractivity contribution >= 4 is 61.6 Å². The summed E-state index contributed by atoms with van der Waals surface area (Å²) in [5, 5.41) is 3.92. The number of para-hydroxylation sites is 1. The Morgan fingerprint density at radius 2 is 1.48 bits per heavy atom. The van der Waals surface area contributed by atoms with E-state index in [0.717, 1.165) is 9.54 Å². The topological polar surface area (TPSA) is 126 Å². The number of aromatic nitrogens is 4. The van der Waals surface area contributed by atoms with Gasteiger partial charge in [-0.05, 0) is 37.3 Å². The molecule has 0 amide bonds. The minimum absolute atomic E-state index is 0. The van der Waals surface area contributed by atoms with Gasteiger partial charge in [0.05, 0.1) is 42.5 Å². The van der Waals surface area contributed by atoms with Crippen molar-refractivity contribution in [1.82, 2.24) is 18.3 Å². The molecule has 3 aromatic carbocycles. The van der Waals surface area contributed by atoms with Crippen LogP contribution in [0.1, 0.15) is 5.56 Å². The van der Waals surface area contributed by atoms with Gasteiger partial charge in [0.1, 0.15) is 0 Å². The van der Waals surface area contributed by atoms with Crippen molar-refractivity contribution in [3.63, 3.8) is 0 Å². The average Bonchev–Trinajstić information content (AvgIpc) is 3.42. The smallest absolute Gasteiger partial charge is 0.269 e. The quantitative estimate of drug-likeness (QED) is 0.251. The number of rotatable bonds is 7. The summed E-state index contributed by atoms with van der Waals surface area (Å²) in [5.74, 6) is 1.18. The molecule has 0 aliphatic rings. The molecule has 0 unspecified atom stereocenters. The van der Waals surface area contributed by atoms with Crippen LogP contribution in [0.4, 0.5) is 11.6 Å². The summed E-state index contributed by atoms with van der Waals surface area (Å²) in [6, 6.07) is 18.4. The summed E-state index contributed by atoms with van der Waals surface area (Å²) in [6.45, 7) is 1.88. The molecule has 3 aromatic heterocycles. The largest absolute Gasteiger partial charge is 0.493 e. The van der Waals surface area contributed by atoms with Gasteiger partial charge in [0.15, 0.2) is 22.8 Å². The zero-order valence-corrected chi connectivity index (χ0v) is 24.6. The van der Waals surface area contributed by atoms with E-state index in [0.29, 0.717) is 39.2 Å². The molecule has 0 saturated heterocycles. The van der Waals surface area contributed by atoms with Crippen LogP contribution in [-0.2, 0) is 10.0 Å². The van der Waals surface area contributed by atoms with Crippen LogP contribution in [0.5, 0.6) is 17.2 Å². The summed E-state index contributed by atoms with van der Waals surface area (Å²) < 4.78 is 46.2. The first kappa shape index (κ1) is 28.7. The number of aryl methyl sites for hydroxylation is 1. The predicted molar refractivity (Wildman–Crippen MR) is 163 cm³/mol. The standard InChI is InChI=1S/C29H25N5O6S.ClH/c1-17-9-11-19(12-10-17)41(36,37)33-14-13-21-26(33)32-29(30-18-15-23(38-2)25(40-4)24(16-18)39-3)34-27(21)31-22-8-6-5-7-20(22)28(34)35;/h5-16H,1-4H3,(H,30,32);1H. The predicted octanol–water partition coefficient (Wildman–Crippen LogP) is 4.93. The lowest BCUT2D eigenvalue weighted by Crippen LogP contribution is -2.20. The van der Waals surface area contributed by atoms with Crippen LogP contribution in [0.3, 0.4) is 0 Å². The summed E-state index contributed by atoms with van der Waals surface area (Å²) in [7, 11) is 0.450. The third kappa shape index (κ3) is 4.54. The zero-order valence-electron chi connectivity index (χ0n) is 23.0. The fraction of sp³-hybridized carbons (Fsp3) is 0.138. The van der Waals surface area contributed by atoms with E-state index in [2.05, 4.69) is 10.3 Å². The Morgan fingerprint density at radius 1 is 0.810 bits per heavy atom. The zero-order chi connectivity index (χ0) is 28.9. The molecular weight excluding hydrogens is 582 g/mol. The molecule has 6 aromatic rings. The second-order valence-corrected chi connectivity index (χ2v) is 11.0. The number of nitrogens with one attached hydrogen (secondary N) is 1. The summed E-state index contributed by atoms with van der Waals surface area (Å²) in [5.41, 5.74) is 1.82. The number of ether oxygens (including phenoxy) is 3. The SMILES string of the molecule is COc1cc(Nc2nc3c(ccn3S(=O)(=O)c3ccc(C)cc3)c3nc4ccccc4c(=O)n23)cc(OC)c1OC.Cl. The number of methoxy groups -OCH3 is 3. The number of nitrogens with zero attached hydrogens (tertiary/aromatic N) is 4. The first-order valence-corrected chi connectivity index (χ1v) is 13.9. The van der Waals surface area contributed by atoms with Crippen molar-refractivity contribution < 1.29 is 22.6 Å². The summed E-state index contributed by atoms with van der Waals surface area (Å²) in [6.07, 6.45) is 1.41. The second-order valence-electron chi connectivity index (χ2n) is 9.23. The van der Waals surface area contributed by atoms with Crippen molar-refractivity contribution in [2.75, 3.05) is 26.6 Å². The molecule has 216 valence electrons. The summed E-state index contributed by atoms with van der Waals surface area (Å²) in [4.78, 5) is 23.3. The van der Waals surface area contributed by atoms with Gasteiger partial charge in [-0.1, -0.05) is 29.8 Å².